The van der Waals surface area contributed by atoms with Gasteiger partial charge in [0.25, 0.3) is 0 Å². The molecule has 0 amide bonds. The highest BCUT2D eigenvalue weighted by Gasteiger charge is 2.19. The second-order valence-corrected chi connectivity index (χ2v) is 3.83. The van der Waals surface area contributed by atoms with Gasteiger partial charge in [-0.05, 0) is 32.0 Å². The number of aliphatic imine (C=N–C) groups is 1. The molecule has 1 aliphatic heterocycles. The summed E-state index contributed by atoms with van der Waals surface area (Å²) in [5, 5.41) is 0. The van der Waals surface area contributed by atoms with Crippen molar-refractivity contribution < 1.29 is 4.74 Å². The molecule has 1 heterocycles. The van der Waals surface area contributed by atoms with Gasteiger partial charge in [-0.15, -0.1) is 0 Å². The van der Waals surface area contributed by atoms with E-state index in [2.05, 4.69) is 24.0 Å². The third kappa shape index (κ3) is 2.36. The zero-order valence-corrected chi connectivity index (χ0v) is 8.94. The lowest BCUT2D eigenvalue weighted by Crippen LogP contribution is -2.18. The summed E-state index contributed by atoms with van der Waals surface area (Å²) in [4.78, 5) is 4.37. The van der Waals surface area contributed by atoms with Crippen LogP contribution < -0.4 is 5.73 Å². The molecular weight excluding hydrogens is 188 g/mol. The molecule has 1 aliphatic rings. The molecule has 1 aromatic carbocycles. The van der Waals surface area contributed by atoms with Gasteiger partial charge >= 0.3 is 0 Å². The van der Waals surface area contributed by atoms with Crippen molar-refractivity contribution >= 4 is 5.90 Å². The monoisotopic (exact) mass is 204 g/mol. The number of benzene rings is 1. The van der Waals surface area contributed by atoms with Crippen LogP contribution in [0.1, 0.15) is 17.5 Å². The van der Waals surface area contributed by atoms with Gasteiger partial charge in [-0.1, -0.05) is 17.7 Å². The molecule has 0 saturated carbocycles. The Balaban J connectivity index is 2.04. The van der Waals surface area contributed by atoms with Gasteiger partial charge < -0.3 is 10.5 Å². The minimum Gasteiger partial charge on any atom is -0.472 e. The molecule has 0 bridgehead atoms. The highest BCUT2D eigenvalue weighted by molar-refractivity contribution is 5.95. The fourth-order valence-electron chi connectivity index (χ4n) is 1.61. The lowest BCUT2D eigenvalue weighted by atomic mass is 10.1. The summed E-state index contributed by atoms with van der Waals surface area (Å²) in [5.74, 6) is 0.758. The Labute approximate surface area is 90.0 Å². The number of rotatable bonds is 3. The predicted octanol–water partition coefficient (Wildman–Crippen LogP) is 1.49. The Bertz CT molecular complexity index is 356. The van der Waals surface area contributed by atoms with Gasteiger partial charge in [-0.3, -0.25) is 0 Å². The standard InChI is InChI=1S/C12H16N2O/c1-9-2-4-10(5-3-9)12-14-8-11(15-12)6-7-13/h2-5,11H,6-8,13H2,1H3. The van der Waals surface area contributed by atoms with Crippen LogP contribution in [0.2, 0.25) is 0 Å². The van der Waals surface area contributed by atoms with Gasteiger partial charge in [0, 0.05) is 5.56 Å². The number of nitrogens with zero attached hydrogens (tertiary/aromatic N) is 1. The van der Waals surface area contributed by atoms with Gasteiger partial charge in [0.15, 0.2) is 0 Å². The van der Waals surface area contributed by atoms with Crippen LogP contribution in [0, 0.1) is 6.92 Å². The van der Waals surface area contributed by atoms with E-state index in [1.165, 1.54) is 5.56 Å². The van der Waals surface area contributed by atoms with Crippen molar-refractivity contribution in [3.8, 4) is 0 Å². The van der Waals surface area contributed by atoms with Crippen LogP contribution in [0.25, 0.3) is 0 Å². The van der Waals surface area contributed by atoms with Crippen LogP contribution in [0.3, 0.4) is 0 Å². The minimum absolute atomic E-state index is 0.173. The maximum absolute atomic E-state index is 5.70. The Hall–Kier alpha value is -1.35. The fourth-order valence-corrected chi connectivity index (χ4v) is 1.61. The third-order valence-electron chi connectivity index (χ3n) is 2.50. The van der Waals surface area contributed by atoms with Crippen LogP contribution in [-0.4, -0.2) is 25.1 Å². The topological polar surface area (TPSA) is 47.6 Å². The fraction of sp³-hybridized carbons (Fsp3) is 0.417. The first-order valence-electron chi connectivity index (χ1n) is 5.28. The summed E-state index contributed by atoms with van der Waals surface area (Å²) in [6.45, 7) is 3.46. The Morgan fingerprint density at radius 1 is 1.40 bits per heavy atom. The van der Waals surface area contributed by atoms with Crippen molar-refractivity contribution in [2.45, 2.75) is 19.4 Å². The molecule has 2 N–H and O–H groups in total. The lowest BCUT2D eigenvalue weighted by Gasteiger charge is -2.09. The molecule has 80 valence electrons. The maximum atomic E-state index is 5.70. The average Bonchev–Trinajstić information content (AvgIpc) is 2.68. The number of aryl methyl sites for hydroxylation is 1. The van der Waals surface area contributed by atoms with E-state index in [1.807, 2.05) is 12.1 Å². The highest BCUT2D eigenvalue weighted by atomic mass is 16.5. The molecule has 0 fully saturated rings. The van der Waals surface area contributed by atoms with E-state index in [0.717, 1.165) is 24.4 Å². The van der Waals surface area contributed by atoms with E-state index < -0.39 is 0 Å². The quantitative estimate of drug-likeness (QED) is 0.810. The molecular formula is C12H16N2O. The molecule has 0 aliphatic carbocycles. The summed E-state index contributed by atoms with van der Waals surface area (Å²) >= 11 is 0. The summed E-state index contributed by atoms with van der Waals surface area (Å²) in [7, 11) is 0. The van der Waals surface area contributed by atoms with E-state index in [4.69, 9.17) is 10.5 Å². The molecule has 0 spiro atoms. The third-order valence-corrected chi connectivity index (χ3v) is 2.50. The number of hydrogen-bond donors (Lipinski definition) is 1. The summed E-state index contributed by atoms with van der Waals surface area (Å²) < 4.78 is 5.70. The van der Waals surface area contributed by atoms with Crippen LogP contribution >= 0.6 is 0 Å². The molecule has 2 rings (SSSR count). The minimum atomic E-state index is 0.173. The van der Waals surface area contributed by atoms with Crippen molar-refractivity contribution in [3.63, 3.8) is 0 Å². The van der Waals surface area contributed by atoms with Crippen LogP contribution in [0.4, 0.5) is 0 Å². The predicted molar refractivity (Wildman–Crippen MR) is 61.1 cm³/mol. The SMILES string of the molecule is Cc1ccc(C2=NCC(CCN)O2)cc1. The van der Waals surface area contributed by atoms with E-state index in [-0.39, 0.29) is 6.10 Å². The Kier molecular flexibility index (Phi) is 3.02. The molecule has 3 nitrogen and oxygen atoms in total. The molecule has 0 saturated heterocycles. The second-order valence-electron chi connectivity index (χ2n) is 3.83. The highest BCUT2D eigenvalue weighted by Crippen LogP contribution is 2.14. The van der Waals surface area contributed by atoms with E-state index >= 15 is 0 Å². The van der Waals surface area contributed by atoms with Crippen molar-refractivity contribution in [3.05, 3.63) is 35.4 Å². The van der Waals surface area contributed by atoms with Gasteiger partial charge in [0.1, 0.15) is 6.10 Å². The Morgan fingerprint density at radius 2 is 2.13 bits per heavy atom. The molecule has 15 heavy (non-hydrogen) atoms. The first-order valence-corrected chi connectivity index (χ1v) is 5.28. The molecule has 1 unspecified atom stereocenters. The van der Waals surface area contributed by atoms with Gasteiger partial charge in [-0.2, -0.15) is 0 Å². The van der Waals surface area contributed by atoms with Crippen LogP contribution in [-0.2, 0) is 4.74 Å². The lowest BCUT2D eigenvalue weighted by molar-refractivity contribution is 0.216. The zero-order valence-electron chi connectivity index (χ0n) is 8.94. The molecule has 0 radical (unpaired) electrons. The van der Waals surface area contributed by atoms with Crippen molar-refractivity contribution in [2.75, 3.05) is 13.1 Å². The van der Waals surface area contributed by atoms with Gasteiger partial charge in [0.2, 0.25) is 5.90 Å². The van der Waals surface area contributed by atoms with Crippen molar-refractivity contribution in [1.29, 1.82) is 0 Å². The second kappa shape index (κ2) is 4.45. The van der Waals surface area contributed by atoms with E-state index in [1.54, 1.807) is 0 Å². The Morgan fingerprint density at radius 3 is 2.80 bits per heavy atom. The molecule has 3 heteroatoms. The van der Waals surface area contributed by atoms with Crippen LogP contribution in [0.5, 0.6) is 0 Å². The van der Waals surface area contributed by atoms with Crippen LogP contribution in [0.15, 0.2) is 29.3 Å². The molecule has 1 aromatic rings. The summed E-state index contributed by atoms with van der Waals surface area (Å²) in [5.41, 5.74) is 7.78. The molecule has 1 atom stereocenters. The average molecular weight is 204 g/mol. The van der Waals surface area contributed by atoms with Crippen molar-refractivity contribution in [2.24, 2.45) is 10.7 Å². The number of hydrogen-bond acceptors (Lipinski definition) is 3. The van der Waals surface area contributed by atoms with Gasteiger partial charge in [0.05, 0.1) is 6.54 Å². The first-order chi connectivity index (χ1) is 7.29. The summed E-state index contributed by atoms with van der Waals surface area (Å²) in [6, 6.07) is 8.22. The van der Waals surface area contributed by atoms with E-state index in [9.17, 15) is 0 Å². The van der Waals surface area contributed by atoms with Crippen molar-refractivity contribution in [1.82, 2.24) is 0 Å². The summed E-state index contributed by atoms with van der Waals surface area (Å²) in [6.07, 6.45) is 1.05. The smallest absolute Gasteiger partial charge is 0.216 e. The van der Waals surface area contributed by atoms with Gasteiger partial charge in [-0.25, -0.2) is 4.99 Å². The normalized spacial score (nSPS) is 19.9. The number of ether oxygens (including phenoxy) is 1. The largest absolute Gasteiger partial charge is 0.472 e. The maximum Gasteiger partial charge on any atom is 0.216 e. The number of nitrogens with two attached hydrogens (primary N) is 1. The first kappa shape index (κ1) is 10.2. The molecule has 0 aromatic heterocycles. The zero-order chi connectivity index (χ0) is 10.7. The van der Waals surface area contributed by atoms with E-state index in [0.29, 0.717) is 6.54 Å².